The van der Waals surface area contributed by atoms with Gasteiger partial charge in [-0.05, 0) is 0 Å². The van der Waals surface area contributed by atoms with Gasteiger partial charge >= 0.3 is 0 Å². The number of methoxy groups -OCH3 is 1. The number of amidine groups is 1. The van der Waals surface area contributed by atoms with Crippen molar-refractivity contribution < 1.29 is 9.31 Å². The van der Waals surface area contributed by atoms with Crippen LogP contribution in [0.4, 0.5) is 0 Å². The van der Waals surface area contributed by atoms with E-state index in [4.69, 9.17) is 4.74 Å². The number of hydrogen-bond donors (Lipinski definition) is 0. The minimum atomic E-state index is 0.718. The monoisotopic (exact) mass is 157 g/mol. The highest BCUT2D eigenvalue weighted by Gasteiger charge is 2.20. The Labute approximate surface area is 68.3 Å². The molecule has 0 atom stereocenters. The molecule has 11 heavy (non-hydrogen) atoms. The molecule has 0 spiro atoms. The van der Waals surface area contributed by atoms with E-state index in [2.05, 4.69) is 23.4 Å². The first kappa shape index (κ1) is 8.53. The predicted octanol–water partition coefficient (Wildman–Crippen LogP) is 0.357. The summed E-state index contributed by atoms with van der Waals surface area (Å²) in [6, 6.07) is 0. The van der Waals surface area contributed by atoms with Crippen LogP contribution in [-0.4, -0.2) is 49.3 Å². The Balaban J connectivity index is 2.58. The topological polar surface area (TPSA) is 15.5 Å². The Morgan fingerprint density at radius 3 is 3.00 bits per heavy atom. The van der Waals surface area contributed by atoms with E-state index >= 15 is 0 Å². The number of nitrogens with zero attached hydrogens (tertiary/aromatic N) is 2. The molecular formula is C8H17N2O+. The van der Waals surface area contributed by atoms with Crippen LogP contribution in [-0.2, 0) is 4.74 Å². The molecule has 0 aromatic rings. The van der Waals surface area contributed by atoms with Crippen molar-refractivity contribution in [3.05, 3.63) is 0 Å². The Morgan fingerprint density at radius 2 is 2.36 bits per heavy atom. The zero-order valence-corrected chi connectivity index (χ0v) is 7.63. The minimum absolute atomic E-state index is 0.718. The fourth-order valence-electron chi connectivity index (χ4n) is 1.38. The minimum Gasteiger partial charge on any atom is -0.345 e. The van der Waals surface area contributed by atoms with Gasteiger partial charge in [0.05, 0.1) is 20.1 Å². The molecule has 0 unspecified atom stereocenters. The summed E-state index contributed by atoms with van der Waals surface area (Å²) in [6.07, 6.45) is 1.23. The van der Waals surface area contributed by atoms with E-state index in [1.165, 1.54) is 18.8 Å². The van der Waals surface area contributed by atoms with Gasteiger partial charge in [0.25, 0.3) is 0 Å². The van der Waals surface area contributed by atoms with Crippen molar-refractivity contribution in [2.24, 2.45) is 0 Å². The van der Waals surface area contributed by atoms with Crippen molar-refractivity contribution in [1.82, 2.24) is 4.90 Å². The van der Waals surface area contributed by atoms with Gasteiger partial charge in [0.15, 0.2) is 6.73 Å². The van der Waals surface area contributed by atoms with Gasteiger partial charge in [-0.1, -0.05) is 0 Å². The lowest BCUT2D eigenvalue weighted by Gasteiger charge is -2.22. The average Bonchev–Trinajstić information content (AvgIpc) is 1.99. The quantitative estimate of drug-likeness (QED) is 0.538. The fraction of sp³-hybridized carbons (Fsp3) is 0.875. The van der Waals surface area contributed by atoms with Gasteiger partial charge in [0, 0.05) is 20.5 Å². The molecule has 0 N–H and O–H groups in total. The molecule has 3 heteroatoms. The maximum Gasteiger partial charge on any atom is 0.245 e. The third-order valence-electron chi connectivity index (χ3n) is 2.22. The van der Waals surface area contributed by atoms with Gasteiger partial charge < -0.3 is 4.74 Å². The largest absolute Gasteiger partial charge is 0.345 e. The molecule has 3 nitrogen and oxygen atoms in total. The first-order valence-corrected chi connectivity index (χ1v) is 4.04. The molecule has 1 aliphatic heterocycles. The molecule has 1 aliphatic rings. The molecule has 0 bridgehead atoms. The van der Waals surface area contributed by atoms with Crippen molar-refractivity contribution in [1.29, 1.82) is 0 Å². The lowest BCUT2D eigenvalue weighted by Crippen LogP contribution is -2.42. The molecule has 0 amide bonds. The maximum atomic E-state index is 5.08. The zero-order chi connectivity index (χ0) is 8.27. The van der Waals surface area contributed by atoms with Crippen molar-refractivity contribution >= 4 is 5.84 Å². The van der Waals surface area contributed by atoms with E-state index in [1.54, 1.807) is 7.11 Å². The SMILES string of the molecule is COCN1CCC[N+](C)=C1C. The van der Waals surface area contributed by atoms with Crippen molar-refractivity contribution in [3.8, 4) is 0 Å². The van der Waals surface area contributed by atoms with E-state index < -0.39 is 0 Å². The third kappa shape index (κ3) is 1.93. The van der Waals surface area contributed by atoms with Crippen LogP contribution in [0.1, 0.15) is 13.3 Å². The van der Waals surface area contributed by atoms with E-state index in [9.17, 15) is 0 Å². The Hall–Kier alpha value is -0.570. The van der Waals surface area contributed by atoms with Crippen LogP contribution in [0.25, 0.3) is 0 Å². The summed E-state index contributed by atoms with van der Waals surface area (Å²) in [5, 5.41) is 0. The zero-order valence-electron chi connectivity index (χ0n) is 7.63. The first-order valence-electron chi connectivity index (χ1n) is 4.04. The smallest absolute Gasteiger partial charge is 0.245 e. The van der Waals surface area contributed by atoms with Gasteiger partial charge in [0.2, 0.25) is 5.84 Å². The Morgan fingerprint density at radius 1 is 1.64 bits per heavy atom. The molecular weight excluding hydrogens is 140 g/mol. The Bertz CT molecular complexity index is 165. The van der Waals surface area contributed by atoms with E-state index in [1.807, 2.05) is 0 Å². The lowest BCUT2D eigenvalue weighted by molar-refractivity contribution is -0.509. The molecule has 1 heterocycles. The molecule has 0 radical (unpaired) electrons. The second-order valence-electron chi connectivity index (χ2n) is 3.00. The summed E-state index contributed by atoms with van der Waals surface area (Å²) in [7, 11) is 3.86. The molecule has 0 saturated heterocycles. The van der Waals surface area contributed by atoms with Crippen LogP contribution >= 0.6 is 0 Å². The van der Waals surface area contributed by atoms with Crippen molar-refractivity contribution in [3.63, 3.8) is 0 Å². The molecule has 64 valence electrons. The molecule has 0 aromatic carbocycles. The van der Waals surface area contributed by atoms with Gasteiger partial charge in [-0.15, -0.1) is 0 Å². The van der Waals surface area contributed by atoms with Crippen LogP contribution in [0.15, 0.2) is 0 Å². The highest BCUT2D eigenvalue weighted by atomic mass is 16.5. The first-order chi connectivity index (χ1) is 5.25. The second kappa shape index (κ2) is 3.72. The fourth-order valence-corrected chi connectivity index (χ4v) is 1.38. The number of rotatable bonds is 2. The van der Waals surface area contributed by atoms with Gasteiger partial charge in [-0.25, -0.2) is 4.90 Å². The Kier molecular flexibility index (Phi) is 2.88. The average molecular weight is 157 g/mol. The maximum absolute atomic E-state index is 5.08. The highest BCUT2D eigenvalue weighted by molar-refractivity contribution is 5.74. The normalized spacial score (nSPS) is 19.4. The van der Waals surface area contributed by atoms with Gasteiger partial charge in [-0.3, -0.25) is 4.58 Å². The highest BCUT2D eigenvalue weighted by Crippen LogP contribution is 2.00. The molecule has 1 rings (SSSR count). The lowest BCUT2D eigenvalue weighted by atomic mass is 10.3. The molecule has 0 aromatic heterocycles. The van der Waals surface area contributed by atoms with E-state index in [-0.39, 0.29) is 0 Å². The van der Waals surface area contributed by atoms with Crippen molar-refractivity contribution in [2.45, 2.75) is 13.3 Å². The molecule has 0 fully saturated rings. The summed E-state index contributed by atoms with van der Waals surface area (Å²) in [4.78, 5) is 2.25. The summed E-state index contributed by atoms with van der Waals surface area (Å²) in [5.74, 6) is 1.32. The summed E-state index contributed by atoms with van der Waals surface area (Å²) in [5.41, 5.74) is 0. The van der Waals surface area contributed by atoms with E-state index in [0.717, 1.165) is 13.3 Å². The van der Waals surface area contributed by atoms with Gasteiger partial charge in [-0.2, -0.15) is 0 Å². The van der Waals surface area contributed by atoms with Crippen LogP contribution in [0.3, 0.4) is 0 Å². The van der Waals surface area contributed by atoms with Crippen molar-refractivity contribution in [2.75, 3.05) is 34.0 Å². The number of hydrogen-bond acceptors (Lipinski definition) is 2. The summed E-state index contributed by atoms with van der Waals surface area (Å²) < 4.78 is 7.34. The molecule has 0 saturated carbocycles. The second-order valence-corrected chi connectivity index (χ2v) is 3.00. The standard InChI is InChI=1S/C8H17N2O/c1-8-9(2)5-4-6-10(8)7-11-3/h4-7H2,1-3H3/q+1. The van der Waals surface area contributed by atoms with Crippen LogP contribution in [0.2, 0.25) is 0 Å². The predicted molar refractivity (Wildman–Crippen MR) is 44.9 cm³/mol. The molecule has 0 aliphatic carbocycles. The van der Waals surface area contributed by atoms with E-state index in [0.29, 0.717) is 0 Å². The summed E-state index contributed by atoms with van der Waals surface area (Å²) >= 11 is 0. The third-order valence-corrected chi connectivity index (χ3v) is 2.22. The number of ether oxygens (including phenoxy) is 1. The van der Waals surface area contributed by atoms with Crippen LogP contribution in [0, 0.1) is 0 Å². The van der Waals surface area contributed by atoms with Crippen LogP contribution < -0.4 is 0 Å². The summed E-state index contributed by atoms with van der Waals surface area (Å²) in [6.45, 7) is 5.16. The van der Waals surface area contributed by atoms with Crippen LogP contribution in [0.5, 0.6) is 0 Å². The van der Waals surface area contributed by atoms with Gasteiger partial charge in [0.1, 0.15) is 0 Å².